The number of hydrogen-bond donors (Lipinski definition) is 1. The van der Waals surface area contributed by atoms with E-state index in [0.29, 0.717) is 22.8 Å². The minimum atomic E-state index is 0.432. The normalized spacial score (nSPS) is 10.3. The fraction of sp³-hybridized carbons (Fsp3) is 0. The molecule has 0 aliphatic heterocycles. The van der Waals surface area contributed by atoms with Crippen molar-refractivity contribution in [2.75, 3.05) is 0 Å². The highest BCUT2D eigenvalue weighted by molar-refractivity contribution is 9.10. The van der Waals surface area contributed by atoms with Gasteiger partial charge in [-0.15, -0.1) is 0 Å². The smallest absolute Gasteiger partial charge is 0.167 e. The van der Waals surface area contributed by atoms with Gasteiger partial charge in [-0.05, 0) is 18.2 Å². The average molecular weight is 286 g/mol. The fourth-order valence-corrected chi connectivity index (χ4v) is 1.78. The highest BCUT2D eigenvalue weighted by Crippen LogP contribution is 2.28. The van der Waals surface area contributed by atoms with Crippen LogP contribution in [-0.2, 0) is 0 Å². The van der Waals surface area contributed by atoms with E-state index in [1.54, 1.807) is 6.07 Å². The first-order valence-electron chi connectivity index (χ1n) is 4.16. The van der Waals surface area contributed by atoms with E-state index < -0.39 is 0 Å². The van der Waals surface area contributed by atoms with Crippen molar-refractivity contribution in [3.8, 4) is 11.4 Å². The Morgan fingerprint density at radius 2 is 2.27 bits per heavy atom. The molecule has 76 valence electrons. The summed E-state index contributed by atoms with van der Waals surface area (Å²) in [7, 11) is 0. The highest BCUT2D eigenvalue weighted by atomic mass is 79.9. The van der Waals surface area contributed by atoms with Crippen molar-refractivity contribution in [2.45, 2.75) is 0 Å². The molecule has 1 aromatic heterocycles. The van der Waals surface area contributed by atoms with Gasteiger partial charge in [-0.2, -0.15) is 0 Å². The predicted octanol–water partition coefficient (Wildman–Crippen LogP) is 3.31. The molecule has 3 nitrogen and oxygen atoms in total. The van der Waals surface area contributed by atoms with Gasteiger partial charge in [0.2, 0.25) is 0 Å². The monoisotopic (exact) mass is 284 g/mol. The molecule has 5 heteroatoms. The zero-order valence-electron chi connectivity index (χ0n) is 7.50. The van der Waals surface area contributed by atoms with E-state index in [2.05, 4.69) is 25.9 Å². The molecular formula is C10H6BrClN2O. The molecule has 15 heavy (non-hydrogen) atoms. The van der Waals surface area contributed by atoms with Gasteiger partial charge in [-0.3, -0.25) is 4.79 Å². The Bertz CT molecular complexity index is 510. The molecule has 0 radical (unpaired) electrons. The van der Waals surface area contributed by atoms with Gasteiger partial charge in [0.05, 0.1) is 16.9 Å². The van der Waals surface area contributed by atoms with Crippen LogP contribution in [0.15, 0.2) is 28.9 Å². The van der Waals surface area contributed by atoms with E-state index in [4.69, 9.17) is 11.6 Å². The first-order valence-corrected chi connectivity index (χ1v) is 5.33. The summed E-state index contributed by atoms with van der Waals surface area (Å²) in [5, 5.41) is 0.588. The number of halogens is 2. The zero-order chi connectivity index (χ0) is 10.8. The summed E-state index contributed by atoms with van der Waals surface area (Å²) in [6, 6.07) is 5.45. The van der Waals surface area contributed by atoms with Gasteiger partial charge in [0.15, 0.2) is 6.29 Å². The standard InChI is InChI=1S/C10H6BrClN2O/c11-6-1-2-9(12)8(3-6)10-13-4-7(5-15)14-10/h1-5H,(H,13,14). The Morgan fingerprint density at radius 1 is 1.47 bits per heavy atom. The van der Waals surface area contributed by atoms with Gasteiger partial charge < -0.3 is 4.98 Å². The third kappa shape index (κ3) is 2.11. The molecule has 0 amide bonds. The van der Waals surface area contributed by atoms with Crippen molar-refractivity contribution >= 4 is 33.8 Å². The molecule has 1 N–H and O–H groups in total. The maximum absolute atomic E-state index is 10.5. The van der Waals surface area contributed by atoms with Gasteiger partial charge in [0.25, 0.3) is 0 Å². The Balaban J connectivity index is 2.52. The van der Waals surface area contributed by atoms with E-state index in [0.717, 1.165) is 10.0 Å². The Labute approximate surface area is 99.6 Å². The average Bonchev–Trinajstić information content (AvgIpc) is 2.70. The number of hydrogen-bond acceptors (Lipinski definition) is 2. The van der Waals surface area contributed by atoms with E-state index in [-0.39, 0.29) is 0 Å². The summed E-state index contributed by atoms with van der Waals surface area (Å²) < 4.78 is 0.908. The van der Waals surface area contributed by atoms with Gasteiger partial charge in [-0.25, -0.2) is 4.98 Å². The number of H-pyrrole nitrogens is 1. The molecule has 0 fully saturated rings. The van der Waals surface area contributed by atoms with Crippen LogP contribution in [0.5, 0.6) is 0 Å². The molecule has 0 bridgehead atoms. The molecule has 0 unspecified atom stereocenters. The number of carbonyl (C=O) groups excluding carboxylic acids is 1. The largest absolute Gasteiger partial charge is 0.336 e. The number of benzene rings is 1. The van der Waals surface area contributed by atoms with E-state index in [1.165, 1.54) is 6.20 Å². The van der Waals surface area contributed by atoms with Gasteiger partial charge in [-0.1, -0.05) is 27.5 Å². The number of aldehydes is 1. The van der Waals surface area contributed by atoms with Gasteiger partial charge >= 0.3 is 0 Å². The number of rotatable bonds is 2. The number of nitrogens with one attached hydrogen (secondary N) is 1. The third-order valence-electron chi connectivity index (χ3n) is 1.91. The molecule has 1 heterocycles. The minimum Gasteiger partial charge on any atom is -0.336 e. The van der Waals surface area contributed by atoms with Crippen LogP contribution in [0.2, 0.25) is 5.02 Å². The number of aromatic amines is 1. The summed E-state index contributed by atoms with van der Waals surface area (Å²) in [6.45, 7) is 0. The first kappa shape index (κ1) is 10.4. The highest BCUT2D eigenvalue weighted by Gasteiger charge is 2.07. The first-order chi connectivity index (χ1) is 7.20. The summed E-state index contributed by atoms with van der Waals surface area (Å²) in [5.74, 6) is 0.586. The van der Waals surface area contributed by atoms with E-state index in [1.807, 2.05) is 12.1 Å². The van der Waals surface area contributed by atoms with Crippen molar-refractivity contribution in [1.82, 2.24) is 9.97 Å². The molecule has 0 spiro atoms. The Morgan fingerprint density at radius 3 is 2.93 bits per heavy atom. The summed E-state index contributed by atoms with van der Waals surface area (Å²) in [6.07, 6.45) is 2.18. The maximum atomic E-state index is 10.5. The fourth-order valence-electron chi connectivity index (χ4n) is 1.21. The second-order valence-electron chi connectivity index (χ2n) is 2.93. The molecule has 2 rings (SSSR count). The maximum Gasteiger partial charge on any atom is 0.167 e. The van der Waals surface area contributed by atoms with Crippen LogP contribution in [0.4, 0.5) is 0 Å². The molecule has 0 saturated heterocycles. The molecule has 2 aromatic rings. The Kier molecular flexibility index (Phi) is 2.88. The van der Waals surface area contributed by atoms with Crippen molar-refractivity contribution in [3.05, 3.63) is 39.6 Å². The second-order valence-corrected chi connectivity index (χ2v) is 4.25. The predicted molar refractivity (Wildman–Crippen MR) is 62.1 cm³/mol. The molecule has 0 aliphatic carbocycles. The minimum absolute atomic E-state index is 0.432. The zero-order valence-corrected chi connectivity index (χ0v) is 9.84. The van der Waals surface area contributed by atoms with Crippen LogP contribution >= 0.6 is 27.5 Å². The van der Waals surface area contributed by atoms with Crippen LogP contribution in [-0.4, -0.2) is 16.3 Å². The van der Waals surface area contributed by atoms with Crippen LogP contribution in [0.3, 0.4) is 0 Å². The molecular weight excluding hydrogens is 279 g/mol. The molecule has 0 saturated carbocycles. The lowest BCUT2D eigenvalue weighted by molar-refractivity contribution is 0.111. The number of carbonyl (C=O) groups is 1. The van der Waals surface area contributed by atoms with Crippen LogP contribution < -0.4 is 0 Å². The van der Waals surface area contributed by atoms with Gasteiger partial charge in [0.1, 0.15) is 5.82 Å². The summed E-state index contributed by atoms with van der Waals surface area (Å²) in [5.41, 5.74) is 1.19. The lowest BCUT2D eigenvalue weighted by Crippen LogP contribution is -1.83. The quantitative estimate of drug-likeness (QED) is 0.861. The van der Waals surface area contributed by atoms with Gasteiger partial charge in [0, 0.05) is 10.0 Å². The topological polar surface area (TPSA) is 45.8 Å². The van der Waals surface area contributed by atoms with E-state index in [9.17, 15) is 4.79 Å². The lowest BCUT2D eigenvalue weighted by Gasteiger charge is -2.00. The Hall–Kier alpha value is -1.13. The lowest BCUT2D eigenvalue weighted by atomic mass is 10.2. The number of nitrogens with zero attached hydrogens (tertiary/aromatic N) is 1. The molecule has 0 atom stereocenters. The van der Waals surface area contributed by atoms with Crippen LogP contribution in [0.25, 0.3) is 11.4 Å². The van der Waals surface area contributed by atoms with E-state index >= 15 is 0 Å². The number of imidazole rings is 1. The van der Waals surface area contributed by atoms with Crippen molar-refractivity contribution in [3.63, 3.8) is 0 Å². The molecule has 0 aliphatic rings. The summed E-state index contributed by atoms with van der Waals surface area (Å²) >= 11 is 9.36. The second kappa shape index (κ2) is 4.16. The molecule has 1 aromatic carbocycles. The van der Waals surface area contributed by atoms with Crippen LogP contribution in [0.1, 0.15) is 10.5 Å². The van der Waals surface area contributed by atoms with Crippen molar-refractivity contribution in [1.29, 1.82) is 0 Å². The SMILES string of the molecule is O=Cc1cnc(-c2cc(Br)ccc2Cl)[nH]1. The van der Waals surface area contributed by atoms with Crippen molar-refractivity contribution in [2.24, 2.45) is 0 Å². The summed E-state index contributed by atoms with van der Waals surface area (Å²) in [4.78, 5) is 17.4. The third-order valence-corrected chi connectivity index (χ3v) is 2.73. The van der Waals surface area contributed by atoms with Crippen LogP contribution in [0, 0.1) is 0 Å². The number of aromatic nitrogens is 2. The van der Waals surface area contributed by atoms with Crippen molar-refractivity contribution < 1.29 is 4.79 Å².